The average Bonchev–Trinajstić information content (AvgIpc) is 2.83. The summed E-state index contributed by atoms with van der Waals surface area (Å²) in [6.45, 7) is 1.81. The molecule has 0 N–H and O–H groups in total. The number of carbonyl (C=O) groups excluding carboxylic acids is 1. The summed E-state index contributed by atoms with van der Waals surface area (Å²) in [6.07, 6.45) is 0.770. The standard InChI is InChI=1S/C14H14N2O3S/c1-9-12(13(17)15-14-16(2)7-8-20-14)19-11-6-4-3-5-10(11)18-9/h3-9,12H,1-2H3/t9-,12+/m1/s1. The quantitative estimate of drug-likeness (QED) is 0.804. The van der Waals surface area contributed by atoms with E-state index in [0.29, 0.717) is 16.3 Å². The van der Waals surface area contributed by atoms with Crippen molar-refractivity contribution in [2.24, 2.45) is 12.0 Å². The maximum Gasteiger partial charge on any atom is 0.293 e. The van der Waals surface area contributed by atoms with Gasteiger partial charge in [0.25, 0.3) is 5.91 Å². The number of para-hydroxylation sites is 2. The van der Waals surface area contributed by atoms with Gasteiger partial charge in [-0.05, 0) is 19.1 Å². The van der Waals surface area contributed by atoms with E-state index in [0.717, 1.165) is 0 Å². The molecular weight excluding hydrogens is 276 g/mol. The highest BCUT2D eigenvalue weighted by molar-refractivity contribution is 7.07. The van der Waals surface area contributed by atoms with Crippen molar-refractivity contribution < 1.29 is 14.3 Å². The van der Waals surface area contributed by atoms with E-state index in [-0.39, 0.29) is 12.0 Å². The second-order valence-electron chi connectivity index (χ2n) is 4.55. The maximum atomic E-state index is 12.3. The van der Waals surface area contributed by atoms with Gasteiger partial charge in [0.1, 0.15) is 6.10 Å². The van der Waals surface area contributed by atoms with Crippen molar-refractivity contribution in [2.75, 3.05) is 0 Å². The van der Waals surface area contributed by atoms with E-state index in [1.165, 1.54) is 11.3 Å². The van der Waals surface area contributed by atoms with Crippen LogP contribution in [0.15, 0.2) is 40.8 Å². The minimum absolute atomic E-state index is 0.329. The third-order valence-electron chi connectivity index (χ3n) is 3.05. The fraction of sp³-hybridized carbons (Fsp3) is 0.286. The number of hydrogen-bond acceptors (Lipinski definition) is 4. The third-order valence-corrected chi connectivity index (χ3v) is 3.90. The molecule has 2 atom stereocenters. The molecule has 0 saturated carbocycles. The highest BCUT2D eigenvalue weighted by Gasteiger charge is 2.33. The van der Waals surface area contributed by atoms with E-state index < -0.39 is 6.10 Å². The van der Waals surface area contributed by atoms with Crippen LogP contribution in [0.1, 0.15) is 6.92 Å². The molecule has 2 heterocycles. The van der Waals surface area contributed by atoms with Gasteiger partial charge in [-0.2, -0.15) is 4.99 Å². The van der Waals surface area contributed by atoms with Crippen molar-refractivity contribution in [1.29, 1.82) is 0 Å². The number of ether oxygens (including phenoxy) is 2. The monoisotopic (exact) mass is 290 g/mol. The van der Waals surface area contributed by atoms with Gasteiger partial charge < -0.3 is 14.0 Å². The molecule has 0 aliphatic carbocycles. The number of rotatable bonds is 1. The number of benzene rings is 1. The molecule has 5 nitrogen and oxygen atoms in total. The Bertz CT molecular complexity index is 704. The fourth-order valence-corrected chi connectivity index (χ4v) is 2.72. The molecule has 0 saturated heterocycles. The van der Waals surface area contributed by atoms with Crippen molar-refractivity contribution in [3.05, 3.63) is 40.6 Å². The van der Waals surface area contributed by atoms with E-state index in [1.54, 1.807) is 10.6 Å². The molecule has 0 radical (unpaired) electrons. The number of carbonyl (C=O) groups is 1. The summed E-state index contributed by atoms with van der Waals surface area (Å²) in [5, 5.41) is 1.88. The van der Waals surface area contributed by atoms with E-state index in [1.807, 2.05) is 43.7 Å². The van der Waals surface area contributed by atoms with Gasteiger partial charge in [-0.3, -0.25) is 4.79 Å². The van der Waals surface area contributed by atoms with Crippen LogP contribution in [0.2, 0.25) is 0 Å². The van der Waals surface area contributed by atoms with Gasteiger partial charge in [-0.25, -0.2) is 0 Å². The molecule has 104 valence electrons. The summed E-state index contributed by atoms with van der Waals surface area (Å²) in [4.78, 5) is 17.0. The predicted octanol–water partition coefficient (Wildman–Crippen LogP) is 1.74. The molecule has 6 heteroatoms. The molecule has 1 aliphatic rings. The Labute approximate surface area is 120 Å². The number of nitrogens with zero attached hydrogens (tertiary/aromatic N) is 2. The summed E-state index contributed by atoms with van der Waals surface area (Å²) < 4.78 is 13.2. The van der Waals surface area contributed by atoms with Crippen molar-refractivity contribution in [1.82, 2.24) is 4.57 Å². The zero-order chi connectivity index (χ0) is 14.1. The van der Waals surface area contributed by atoms with E-state index in [2.05, 4.69) is 4.99 Å². The summed E-state index contributed by atoms with van der Waals surface area (Å²) >= 11 is 1.41. The van der Waals surface area contributed by atoms with Crippen molar-refractivity contribution in [2.45, 2.75) is 19.1 Å². The molecule has 0 bridgehead atoms. The highest BCUT2D eigenvalue weighted by atomic mass is 32.1. The van der Waals surface area contributed by atoms with Gasteiger partial charge in [0.2, 0.25) is 6.10 Å². The summed E-state index contributed by atoms with van der Waals surface area (Å²) in [7, 11) is 1.85. The fourth-order valence-electron chi connectivity index (χ4n) is 1.98. The van der Waals surface area contributed by atoms with Gasteiger partial charge in [-0.1, -0.05) is 12.1 Å². The molecule has 1 aliphatic heterocycles. The molecule has 0 unspecified atom stereocenters. The lowest BCUT2D eigenvalue weighted by Gasteiger charge is -2.29. The van der Waals surface area contributed by atoms with Crippen molar-refractivity contribution >= 4 is 17.2 Å². The Morgan fingerprint density at radius 2 is 2.00 bits per heavy atom. The molecule has 0 spiro atoms. The van der Waals surface area contributed by atoms with Crippen LogP contribution >= 0.6 is 11.3 Å². The van der Waals surface area contributed by atoms with Crippen LogP contribution in [0.5, 0.6) is 11.5 Å². The second kappa shape index (κ2) is 5.13. The van der Waals surface area contributed by atoms with Crippen molar-refractivity contribution in [3.63, 3.8) is 0 Å². The van der Waals surface area contributed by atoms with Gasteiger partial charge >= 0.3 is 0 Å². The number of aromatic nitrogens is 1. The molecule has 2 aromatic rings. The lowest BCUT2D eigenvalue weighted by Crippen LogP contribution is -2.43. The second-order valence-corrected chi connectivity index (χ2v) is 5.43. The Morgan fingerprint density at radius 1 is 1.30 bits per heavy atom. The first-order chi connectivity index (χ1) is 9.65. The van der Waals surface area contributed by atoms with Gasteiger partial charge in [0, 0.05) is 18.6 Å². The maximum absolute atomic E-state index is 12.3. The van der Waals surface area contributed by atoms with E-state index in [9.17, 15) is 4.79 Å². The van der Waals surface area contributed by atoms with Crippen LogP contribution in [0, 0.1) is 0 Å². The molecular formula is C14H14N2O3S. The van der Waals surface area contributed by atoms with Crippen LogP contribution in [0.4, 0.5) is 0 Å². The smallest absolute Gasteiger partial charge is 0.293 e. The van der Waals surface area contributed by atoms with Gasteiger partial charge in [-0.15, -0.1) is 11.3 Å². The Morgan fingerprint density at radius 3 is 2.65 bits per heavy atom. The minimum atomic E-state index is -0.716. The average molecular weight is 290 g/mol. The first kappa shape index (κ1) is 12.9. The summed E-state index contributed by atoms with van der Waals surface area (Å²) in [5.41, 5.74) is 0. The van der Waals surface area contributed by atoms with E-state index in [4.69, 9.17) is 9.47 Å². The lowest BCUT2D eigenvalue weighted by atomic mass is 10.1. The zero-order valence-corrected chi connectivity index (χ0v) is 12.0. The van der Waals surface area contributed by atoms with Gasteiger partial charge in [0.15, 0.2) is 16.3 Å². The first-order valence-corrected chi connectivity index (χ1v) is 7.14. The van der Waals surface area contributed by atoms with Crippen LogP contribution in [-0.2, 0) is 11.8 Å². The topological polar surface area (TPSA) is 52.8 Å². The normalized spacial score (nSPS) is 21.8. The SMILES string of the molecule is C[C@H]1Oc2ccccc2O[C@@H]1C(=O)N=c1sccn1C. The lowest BCUT2D eigenvalue weighted by molar-refractivity contribution is -0.130. The number of aryl methyl sites for hydroxylation is 1. The molecule has 1 amide bonds. The zero-order valence-electron chi connectivity index (χ0n) is 11.1. The minimum Gasteiger partial charge on any atom is -0.482 e. The molecule has 20 heavy (non-hydrogen) atoms. The molecule has 0 fully saturated rings. The number of thiazole rings is 1. The number of amides is 1. The summed E-state index contributed by atoms with van der Waals surface area (Å²) in [6, 6.07) is 7.32. The van der Waals surface area contributed by atoms with E-state index >= 15 is 0 Å². The first-order valence-electron chi connectivity index (χ1n) is 6.26. The van der Waals surface area contributed by atoms with Crippen molar-refractivity contribution in [3.8, 4) is 11.5 Å². The Hall–Kier alpha value is -2.08. The largest absolute Gasteiger partial charge is 0.482 e. The van der Waals surface area contributed by atoms with Crippen LogP contribution in [0.3, 0.4) is 0 Å². The van der Waals surface area contributed by atoms with Gasteiger partial charge in [0.05, 0.1) is 0 Å². The predicted molar refractivity (Wildman–Crippen MR) is 74.8 cm³/mol. The Kier molecular flexibility index (Phi) is 3.31. The highest BCUT2D eigenvalue weighted by Crippen LogP contribution is 2.33. The van der Waals surface area contributed by atoms with Crippen LogP contribution in [0.25, 0.3) is 0 Å². The third kappa shape index (κ3) is 2.34. The van der Waals surface area contributed by atoms with Crippen LogP contribution < -0.4 is 14.3 Å². The molecule has 3 rings (SSSR count). The molecule has 1 aromatic carbocycles. The number of hydrogen-bond donors (Lipinski definition) is 0. The molecule has 1 aromatic heterocycles. The van der Waals surface area contributed by atoms with Crippen LogP contribution in [-0.4, -0.2) is 22.7 Å². The summed E-state index contributed by atoms with van der Waals surface area (Å²) in [5.74, 6) is 0.908. The Balaban J connectivity index is 1.89. The number of fused-ring (bicyclic) bond motifs is 1.